The van der Waals surface area contributed by atoms with Crippen LogP contribution in [0, 0.1) is 6.92 Å². The van der Waals surface area contributed by atoms with Crippen molar-refractivity contribution in [2.24, 2.45) is 5.73 Å². The van der Waals surface area contributed by atoms with Crippen LogP contribution in [0.5, 0.6) is 0 Å². The van der Waals surface area contributed by atoms with Crippen molar-refractivity contribution in [3.8, 4) is 0 Å². The molecule has 2 heteroatoms. The van der Waals surface area contributed by atoms with Crippen molar-refractivity contribution < 1.29 is 0 Å². The van der Waals surface area contributed by atoms with Crippen LogP contribution in [0.25, 0.3) is 0 Å². The highest BCUT2D eigenvalue weighted by Gasteiger charge is 2.16. The third-order valence-corrected chi connectivity index (χ3v) is 3.79. The number of aryl methyl sites for hydroxylation is 1. The van der Waals surface area contributed by atoms with Crippen molar-refractivity contribution in [3.05, 3.63) is 59.7 Å². The predicted molar refractivity (Wildman–Crippen MR) is 87.5 cm³/mol. The van der Waals surface area contributed by atoms with Crippen LogP contribution in [0.3, 0.4) is 0 Å². The summed E-state index contributed by atoms with van der Waals surface area (Å²) in [4.78, 5) is 2.35. The molecule has 0 bridgehead atoms. The summed E-state index contributed by atoms with van der Waals surface area (Å²) in [5.74, 6) is 0. The third-order valence-electron chi connectivity index (χ3n) is 3.79. The normalized spacial score (nSPS) is 12.2. The minimum atomic E-state index is 0.0873. The summed E-state index contributed by atoms with van der Waals surface area (Å²) >= 11 is 0. The molecule has 106 valence electrons. The molecule has 0 saturated carbocycles. The minimum Gasteiger partial charge on any atom is -0.341 e. The number of nitrogens with two attached hydrogens (primary N) is 1. The Labute approximate surface area is 122 Å². The number of hydrogen-bond acceptors (Lipinski definition) is 2. The van der Waals surface area contributed by atoms with E-state index >= 15 is 0 Å². The van der Waals surface area contributed by atoms with E-state index < -0.39 is 0 Å². The van der Waals surface area contributed by atoms with Gasteiger partial charge >= 0.3 is 0 Å². The van der Waals surface area contributed by atoms with E-state index in [1.165, 1.54) is 22.5 Å². The van der Waals surface area contributed by atoms with Crippen molar-refractivity contribution in [2.45, 2.75) is 33.2 Å². The van der Waals surface area contributed by atoms with E-state index in [2.05, 4.69) is 74.2 Å². The topological polar surface area (TPSA) is 29.3 Å². The third kappa shape index (κ3) is 2.86. The number of nitrogens with zero attached hydrogens (tertiary/aromatic N) is 1. The van der Waals surface area contributed by atoms with Crippen LogP contribution < -0.4 is 10.6 Å². The fourth-order valence-electron chi connectivity index (χ4n) is 2.60. The van der Waals surface area contributed by atoms with Gasteiger partial charge in [0.25, 0.3) is 0 Å². The molecule has 2 rings (SSSR count). The van der Waals surface area contributed by atoms with Crippen molar-refractivity contribution in [1.82, 2.24) is 0 Å². The number of anilines is 2. The molecule has 0 spiro atoms. The maximum absolute atomic E-state index is 6.28. The highest BCUT2D eigenvalue weighted by Crippen LogP contribution is 2.33. The molecule has 20 heavy (non-hydrogen) atoms. The predicted octanol–water partition coefficient (Wildman–Crippen LogP) is 4.56. The molecule has 0 heterocycles. The molecule has 0 aliphatic heterocycles. The van der Waals surface area contributed by atoms with Gasteiger partial charge in [0.05, 0.1) is 0 Å². The van der Waals surface area contributed by atoms with E-state index in [1.807, 2.05) is 0 Å². The fourth-order valence-corrected chi connectivity index (χ4v) is 2.60. The Bertz CT molecular complexity index is 563. The van der Waals surface area contributed by atoms with Crippen LogP contribution >= 0.6 is 0 Å². The molecule has 2 nitrogen and oxygen atoms in total. The van der Waals surface area contributed by atoms with Gasteiger partial charge in [-0.15, -0.1) is 0 Å². The molecular weight excluding hydrogens is 244 g/mol. The van der Waals surface area contributed by atoms with Gasteiger partial charge in [-0.2, -0.15) is 0 Å². The lowest BCUT2D eigenvalue weighted by Crippen LogP contribution is -2.21. The first-order chi connectivity index (χ1) is 9.69. The maximum Gasteiger partial charge on any atom is 0.0459 e. The van der Waals surface area contributed by atoms with Gasteiger partial charge < -0.3 is 10.6 Å². The quantitative estimate of drug-likeness (QED) is 0.861. The Hall–Kier alpha value is -1.80. The van der Waals surface area contributed by atoms with Gasteiger partial charge in [-0.25, -0.2) is 0 Å². The lowest BCUT2D eigenvalue weighted by molar-refractivity contribution is 0.697. The Morgan fingerprint density at radius 2 is 1.55 bits per heavy atom. The summed E-state index contributed by atoms with van der Waals surface area (Å²) in [6.07, 6.45) is 0.947. The monoisotopic (exact) mass is 268 g/mol. The molecule has 0 aliphatic rings. The van der Waals surface area contributed by atoms with Crippen LogP contribution in [-0.4, -0.2) is 6.54 Å². The molecular formula is C18H24N2. The number of benzene rings is 2. The van der Waals surface area contributed by atoms with Gasteiger partial charge in [0.1, 0.15) is 0 Å². The van der Waals surface area contributed by atoms with Crippen molar-refractivity contribution in [3.63, 3.8) is 0 Å². The Morgan fingerprint density at radius 3 is 2.15 bits per heavy atom. The zero-order valence-corrected chi connectivity index (χ0v) is 12.6. The standard InChI is InChI=1S/C18H24N2/c1-4-16(19)15-11-7-9-13-18(15)20(5-2)17-12-8-6-10-14(17)3/h6-13,16H,4-5,19H2,1-3H3/t16-/m1/s1. The van der Waals surface area contributed by atoms with Gasteiger partial charge in [-0.05, 0) is 43.5 Å². The van der Waals surface area contributed by atoms with Crippen LogP contribution in [0.4, 0.5) is 11.4 Å². The smallest absolute Gasteiger partial charge is 0.0459 e. The molecule has 2 aromatic rings. The molecule has 0 unspecified atom stereocenters. The van der Waals surface area contributed by atoms with E-state index in [-0.39, 0.29) is 6.04 Å². The molecule has 0 aliphatic carbocycles. The second kappa shape index (κ2) is 6.58. The number of hydrogen-bond donors (Lipinski definition) is 1. The van der Waals surface area contributed by atoms with Gasteiger partial charge in [0.2, 0.25) is 0 Å². The van der Waals surface area contributed by atoms with E-state index in [4.69, 9.17) is 5.73 Å². The first kappa shape index (κ1) is 14.6. The maximum atomic E-state index is 6.28. The van der Waals surface area contributed by atoms with Gasteiger partial charge in [-0.1, -0.05) is 43.3 Å². The summed E-state index contributed by atoms with van der Waals surface area (Å²) < 4.78 is 0. The zero-order chi connectivity index (χ0) is 14.5. The van der Waals surface area contributed by atoms with Crippen LogP contribution in [0.15, 0.2) is 48.5 Å². The van der Waals surface area contributed by atoms with E-state index in [9.17, 15) is 0 Å². The summed E-state index contributed by atoms with van der Waals surface area (Å²) in [6.45, 7) is 7.39. The molecule has 1 atom stereocenters. The summed E-state index contributed by atoms with van der Waals surface area (Å²) in [6, 6.07) is 17.1. The van der Waals surface area contributed by atoms with Crippen LogP contribution in [0.1, 0.15) is 37.4 Å². The van der Waals surface area contributed by atoms with Crippen molar-refractivity contribution >= 4 is 11.4 Å². The first-order valence-corrected chi connectivity index (χ1v) is 7.36. The second-order valence-electron chi connectivity index (χ2n) is 5.10. The van der Waals surface area contributed by atoms with E-state index in [0.29, 0.717) is 0 Å². The van der Waals surface area contributed by atoms with Gasteiger partial charge in [-0.3, -0.25) is 0 Å². The number of para-hydroxylation sites is 2. The summed E-state index contributed by atoms with van der Waals surface area (Å²) in [5.41, 5.74) is 11.3. The largest absolute Gasteiger partial charge is 0.341 e. The molecule has 0 aromatic heterocycles. The number of rotatable bonds is 5. The SMILES string of the molecule is CC[C@@H](N)c1ccccc1N(CC)c1ccccc1C. The Morgan fingerprint density at radius 1 is 0.950 bits per heavy atom. The lowest BCUT2D eigenvalue weighted by atomic mass is 10.0. The van der Waals surface area contributed by atoms with Gasteiger partial charge in [0, 0.05) is 24.0 Å². The minimum absolute atomic E-state index is 0.0873. The lowest BCUT2D eigenvalue weighted by Gasteiger charge is -2.29. The fraction of sp³-hybridized carbons (Fsp3) is 0.333. The van der Waals surface area contributed by atoms with Crippen molar-refractivity contribution in [2.75, 3.05) is 11.4 Å². The second-order valence-corrected chi connectivity index (χ2v) is 5.10. The molecule has 2 aromatic carbocycles. The van der Waals surface area contributed by atoms with Crippen molar-refractivity contribution in [1.29, 1.82) is 0 Å². The summed E-state index contributed by atoms with van der Waals surface area (Å²) in [5, 5.41) is 0. The molecule has 0 amide bonds. The molecule has 0 saturated heterocycles. The Balaban J connectivity index is 2.50. The van der Waals surface area contributed by atoms with Crippen LogP contribution in [0.2, 0.25) is 0 Å². The average Bonchev–Trinajstić information content (AvgIpc) is 2.49. The Kier molecular flexibility index (Phi) is 4.80. The van der Waals surface area contributed by atoms with E-state index in [1.54, 1.807) is 0 Å². The van der Waals surface area contributed by atoms with E-state index in [0.717, 1.165) is 13.0 Å². The average molecular weight is 268 g/mol. The first-order valence-electron chi connectivity index (χ1n) is 7.36. The molecule has 2 N–H and O–H groups in total. The van der Waals surface area contributed by atoms with Gasteiger partial charge in [0.15, 0.2) is 0 Å². The molecule has 0 fully saturated rings. The highest BCUT2D eigenvalue weighted by molar-refractivity contribution is 5.69. The highest BCUT2D eigenvalue weighted by atomic mass is 15.1. The zero-order valence-electron chi connectivity index (χ0n) is 12.6. The van der Waals surface area contributed by atoms with Crippen LogP contribution in [-0.2, 0) is 0 Å². The summed E-state index contributed by atoms with van der Waals surface area (Å²) in [7, 11) is 0. The molecule has 0 radical (unpaired) electrons.